The van der Waals surface area contributed by atoms with Crippen LogP contribution in [0.4, 0.5) is 0 Å². The summed E-state index contributed by atoms with van der Waals surface area (Å²) in [7, 11) is 1.62. The van der Waals surface area contributed by atoms with E-state index in [2.05, 4.69) is 17.1 Å². The Hall–Kier alpha value is -3.13. The first kappa shape index (κ1) is 19.2. The number of hydrogen-bond acceptors (Lipinski definition) is 4. The summed E-state index contributed by atoms with van der Waals surface area (Å²) in [6.07, 6.45) is 6.55. The van der Waals surface area contributed by atoms with Crippen LogP contribution < -0.4 is 4.74 Å². The van der Waals surface area contributed by atoms with Crippen molar-refractivity contribution in [2.45, 2.75) is 45.4 Å². The van der Waals surface area contributed by atoms with Gasteiger partial charge in [0.05, 0.1) is 36.0 Å². The highest BCUT2D eigenvalue weighted by Gasteiger charge is 2.27. The van der Waals surface area contributed by atoms with Gasteiger partial charge in [-0.1, -0.05) is 6.92 Å². The van der Waals surface area contributed by atoms with Gasteiger partial charge in [-0.05, 0) is 68.5 Å². The Labute approximate surface area is 171 Å². The molecule has 0 spiro atoms. The molecule has 1 unspecified atom stereocenters. The number of ketones is 1. The highest BCUT2D eigenvalue weighted by atomic mass is 16.5. The Morgan fingerprint density at radius 2 is 2.10 bits per heavy atom. The summed E-state index contributed by atoms with van der Waals surface area (Å²) in [5.74, 6) is 0.824. The number of nitrogens with zero attached hydrogens (tertiary/aromatic N) is 3. The smallest absolute Gasteiger partial charge is 0.169 e. The molecule has 2 aromatic heterocycles. The first-order chi connectivity index (χ1) is 13.9. The molecule has 0 amide bonds. The van der Waals surface area contributed by atoms with Gasteiger partial charge < -0.3 is 4.74 Å². The van der Waals surface area contributed by atoms with E-state index in [1.165, 1.54) is 0 Å². The quantitative estimate of drug-likeness (QED) is 0.595. The van der Waals surface area contributed by atoms with Gasteiger partial charge in [-0.15, -0.1) is 0 Å². The molecule has 3 aromatic rings. The first-order valence-electron chi connectivity index (χ1n) is 10.00. The van der Waals surface area contributed by atoms with Crippen LogP contribution in [-0.2, 0) is 11.8 Å². The molecule has 5 nitrogen and oxygen atoms in total. The molecule has 0 N–H and O–H groups in total. The summed E-state index contributed by atoms with van der Waals surface area (Å²) in [5, 5.41) is 9.42. The largest absolute Gasteiger partial charge is 0.496 e. The number of imidazole rings is 1. The van der Waals surface area contributed by atoms with Crippen LogP contribution in [0, 0.1) is 17.2 Å². The van der Waals surface area contributed by atoms with Gasteiger partial charge in [0, 0.05) is 17.7 Å². The number of aromatic nitrogens is 2. The van der Waals surface area contributed by atoms with Crippen LogP contribution in [0.15, 0.2) is 36.7 Å². The Morgan fingerprint density at radius 1 is 1.31 bits per heavy atom. The zero-order chi connectivity index (χ0) is 20.8. The van der Waals surface area contributed by atoms with Crippen molar-refractivity contribution in [3.05, 3.63) is 53.3 Å². The number of carbonyl (C=O) groups excluding carboxylic acids is 1. The predicted molar refractivity (Wildman–Crippen MR) is 112 cm³/mol. The van der Waals surface area contributed by atoms with Crippen LogP contribution in [-0.4, -0.2) is 22.3 Å². The van der Waals surface area contributed by atoms with Crippen LogP contribution in [0.1, 0.15) is 55.1 Å². The molecule has 29 heavy (non-hydrogen) atoms. The van der Waals surface area contributed by atoms with E-state index in [0.717, 1.165) is 52.9 Å². The molecule has 5 heteroatoms. The number of hydrogen-bond donors (Lipinski definition) is 0. The minimum Gasteiger partial charge on any atom is -0.496 e. The van der Waals surface area contributed by atoms with Crippen molar-refractivity contribution in [1.29, 1.82) is 5.26 Å². The second-order valence-corrected chi connectivity index (χ2v) is 8.39. The van der Waals surface area contributed by atoms with Crippen LogP contribution in [0.3, 0.4) is 0 Å². The Kier molecular flexibility index (Phi) is 4.66. The van der Waals surface area contributed by atoms with Crippen LogP contribution in [0.25, 0.3) is 16.9 Å². The summed E-state index contributed by atoms with van der Waals surface area (Å²) in [6, 6.07) is 10.3. The maximum absolute atomic E-state index is 12.9. The molecule has 4 rings (SSSR count). The third kappa shape index (κ3) is 3.19. The Morgan fingerprint density at radius 3 is 2.83 bits per heavy atom. The molecule has 0 radical (unpaired) electrons. The zero-order valence-electron chi connectivity index (χ0n) is 17.3. The van der Waals surface area contributed by atoms with Gasteiger partial charge in [0.15, 0.2) is 5.78 Å². The zero-order valence-corrected chi connectivity index (χ0v) is 17.3. The molecule has 0 fully saturated rings. The number of Topliss-reactive ketones (excluding diaryl/α,β-unsaturated/α-hetero) is 1. The van der Waals surface area contributed by atoms with E-state index in [9.17, 15) is 10.1 Å². The van der Waals surface area contributed by atoms with E-state index >= 15 is 0 Å². The normalized spacial score (nSPS) is 16.9. The topological polar surface area (TPSA) is 67.4 Å². The van der Waals surface area contributed by atoms with Gasteiger partial charge in [0.1, 0.15) is 11.4 Å². The summed E-state index contributed by atoms with van der Waals surface area (Å²) in [4.78, 5) is 17.4. The molecule has 0 saturated heterocycles. The van der Waals surface area contributed by atoms with Crippen molar-refractivity contribution >= 4 is 11.4 Å². The van der Waals surface area contributed by atoms with Crippen LogP contribution in [0.2, 0.25) is 0 Å². The first-order valence-corrected chi connectivity index (χ1v) is 10.00. The average molecular weight is 387 g/mol. The van der Waals surface area contributed by atoms with Gasteiger partial charge in [0.2, 0.25) is 0 Å². The van der Waals surface area contributed by atoms with Crippen molar-refractivity contribution in [1.82, 2.24) is 9.38 Å². The van der Waals surface area contributed by atoms with E-state index in [-0.39, 0.29) is 11.7 Å². The van der Waals surface area contributed by atoms with E-state index in [4.69, 9.17) is 4.74 Å². The number of carbonyl (C=O) groups is 1. The minimum atomic E-state index is -0.571. The number of nitriles is 1. The number of ether oxygens (including phenoxy) is 1. The minimum absolute atomic E-state index is 0.0220. The van der Waals surface area contributed by atoms with E-state index in [1.807, 2.05) is 55.8 Å². The summed E-state index contributed by atoms with van der Waals surface area (Å²) < 4.78 is 7.64. The molecular formula is C24H25N3O2. The number of rotatable bonds is 3. The molecule has 0 bridgehead atoms. The molecule has 1 aromatic carbocycles. The second-order valence-electron chi connectivity index (χ2n) is 8.39. The van der Waals surface area contributed by atoms with Gasteiger partial charge in [-0.25, -0.2) is 4.98 Å². The Balaban J connectivity index is 1.86. The lowest BCUT2D eigenvalue weighted by atomic mass is 9.87. The fourth-order valence-electron chi connectivity index (χ4n) is 4.08. The Bertz CT molecular complexity index is 1150. The van der Waals surface area contributed by atoms with E-state index in [1.54, 1.807) is 7.11 Å². The fourth-order valence-corrected chi connectivity index (χ4v) is 4.08. The predicted octanol–water partition coefficient (Wildman–Crippen LogP) is 4.97. The lowest BCUT2D eigenvalue weighted by Crippen LogP contribution is -2.14. The number of fused-ring (bicyclic) bond motifs is 2. The lowest BCUT2D eigenvalue weighted by Gasteiger charge is -2.16. The molecule has 0 saturated carbocycles. The monoisotopic (exact) mass is 387 g/mol. The third-order valence-electron chi connectivity index (χ3n) is 5.99. The number of methoxy groups -OCH3 is 1. The van der Waals surface area contributed by atoms with Gasteiger partial charge in [0.25, 0.3) is 0 Å². The van der Waals surface area contributed by atoms with Gasteiger partial charge >= 0.3 is 0 Å². The number of benzene rings is 1. The van der Waals surface area contributed by atoms with Gasteiger partial charge in [-0.3, -0.25) is 9.20 Å². The maximum atomic E-state index is 12.9. The van der Waals surface area contributed by atoms with Crippen LogP contribution >= 0.6 is 0 Å². The van der Waals surface area contributed by atoms with Crippen molar-refractivity contribution < 1.29 is 9.53 Å². The second kappa shape index (κ2) is 7.04. The van der Waals surface area contributed by atoms with Gasteiger partial charge in [-0.2, -0.15) is 5.26 Å². The molecular weight excluding hydrogens is 362 g/mol. The maximum Gasteiger partial charge on any atom is 0.169 e. The van der Waals surface area contributed by atoms with Crippen molar-refractivity contribution in [3.8, 4) is 23.1 Å². The van der Waals surface area contributed by atoms with Crippen molar-refractivity contribution in [2.75, 3.05) is 7.11 Å². The van der Waals surface area contributed by atoms with Crippen molar-refractivity contribution in [3.63, 3.8) is 0 Å². The molecule has 1 aliphatic rings. The van der Waals surface area contributed by atoms with Crippen molar-refractivity contribution in [2.24, 2.45) is 5.92 Å². The molecule has 1 aliphatic carbocycles. The lowest BCUT2D eigenvalue weighted by molar-refractivity contribution is 0.0924. The number of pyridine rings is 1. The highest BCUT2D eigenvalue weighted by molar-refractivity contribution is 6.02. The summed E-state index contributed by atoms with van der Waals surface area (Å²) >= 11 is 0. The van der Waals surface area contributed by atoms with E-state index in [0.29, 0.717) is 5.75 Å². The summed E-state index contributed by atoms with van der Waals surface area (Å²) in [5.41, 5.74) is 4.84. The molecule has 1 atom stereocenters. The molecule has 2 heterocycles. The number of aryl methyl sites for hydroxylation is 1. The standard InChI is InChI=1S/C24H25N3O2/c1-15-6-5-7-16-10-17(11-20(29-4)22(16)23(15)28)19-13-26-21-12-18(8-9-27(19)21)24(2,3)14-25/h8-13,15H,5-7H2,1-4H3. The van der Waals surface area contributed by atoms with Crippen LogP contribution in [0.5, 0.6) is 5.75 Å². The highest BCUT2D eigenvalue weighted by Crippen LogP contribution is 2.36. The molecule has 148 valence electrons. The fraction of sp³-hybridized carbons (Fsp3) is 0.375. The SMILES string of the molecule is COc1cc(-c2cnc3cc(C(C)(C)C#N)ccn23)cc2c1C(=O)C(C)CCC2. The average Bonchev–Trinajstić information content (AvgIpc) is 3.09. The van der Waals surface area contributed by atoms with E-state index < -0.39 is 5.41 Å². The third-order valence-corrected chi connectivity index (χ3v) is 5.99. The summed E-state index contributed by atoms with van der Waals surface area (Å²) in [6.45, 7) is 5.80. The molecule has 0 aliphatic heterocycles.